The van der Waals surface area contributed by atoms with Gasteiger partial charge in [-0.3, -0.25) is 0 Å². The van der Waals surface area contributed by atoms with Gasteiger partial charge < -0.3 is 9.47 Å². The van der Waals surface area contributed by atoms with Crippen molar-refractivity contribution in [1.82, 2.24) is 0 Å². The molecule has 2 heteroatoms. The van der Waals surface area contributed by atoms with Gasteiger partial charge in [-0.05, 0) is 56.4 Å². The average Bonchev–Trinajstić information content (AvgIpc) is 2.60. The summed E-state index contributed by atoms with van der Waals surface area (Å²) in [7, 11) is 3.33. The summed E-state index contributed by atoms with van der Waals surface area (Å²) in [5.41, 5.74) is 2.32. The maximum atomic E-state index is 5.34. The highest BCUT2D eigenvalue weighted by atomic mass is 16.5. The Labute approximate surface area is 161 Å². The third kappa shape index (κ3) is 7.51. The van der Waals surface area contributed by atoms with Crippen LogP contribution in [0.1, 0.15) is 48.5 Å². The van der Waals surface area contributed by atoms with Crippen molar-refractivity contribution >= 4 is 0 Å². The second-order valence-electron chi connectivity index (χ2n) is 7.32. The van der Waals surface area contributed by atoms with Crippen LogP contribution in [-0.4, -0.2) is 14.2 Å². The molecule has 26 heavy (non-hydrogen) atoms. The van der Waals surface area contributed by atoms with Gasteiger partial charge in [0.15, 0.2) is 0 Å². The van der Waals surface area contributed by atoms with Gasteiger partial charge in [0.2, 0.25) is 0 Å². The molecule has 0 aliphatic heterocycles. The molecule has 0 aromatic carbocycles. The topological polar surface area (TPSA) is 18.5 Å². The first-order valence-corrected chi connectivity index (χ1v) is 9.31. The molecule has 0 atom stereocenters. The van der Waals surface area contributed by atoms with Gasteiger partial charge in [0.05, 0.1) is 14.2 Å². The van der Waals surface area contributed by atoms with Crippen LogP contribution >= 0.6 is 0 Å². The zero-order chi connectivity index (χ0) is 20.3. The van der Waals surface area contributed by atoms with Gasteiger partial charge in [0.1, 0.15) is 11.5 Å². The molecule has 0 heterocycles. The summed E-state index contributed by atoms with van der Waals surface area (Å²) in [5, 5.41) is 0. The summed E-state index contributed by atoms with van der Waals surface area (Å²) in [6, 6.07) is 0. The van der Waals surface area contributed by atoms with Crippen LogP contribution in [0.2, 0.25) is 0 Å². The monoisotopic (exact) mass is 358 g/mol. The molecule has 2 nitrogen and oxygen atoms in total. The number of rotatable bonds is 10. The maximum absolute atomic E-state index is 5.34. The van der Waals surface area contributed by atoms with Crippen molar-refractivity contribution in [1.29, 1.82) is 0 Å². The second kappa shape index (κ2) is 11.6. The van der Waals surface area contributed by atoms with E-state index in [4.69, 9.17) is 9.47 Å². The Bertz CT molecular complexity index is 588. The van der Waals surface area contributed by atoms with Crippen LogP contribution in [0.3, 0.4) is 0 Å². The number of ether oxygens (including phenoxy) is 2. The van der Waals surface area contributed by atoms with E-state index in [-0.39, 0.29) is 5.41 Å². The van der Waals surface area contributed by atoms with Crippen molar-refractivity contribution in [3.05, 3.63) is 71.8 Å². The lowest BCUT2D eigenvalue weighted by atomic mass is 9.67. The summed E-state index contributed by atoms with van der Waals surface area (Å²) in [6.07, 6.45) is 14.9. The fourth-order valence-corrected chi connectivity index (χ4v) is 2.98. The van der Waals surface area contributed by atoms with Gasteiger partial charge in [-0.2, -0.15) is 0 Å². The largest absolute Gasteiger partial charge is 0.497 e. The smallest absolute Gasteiger partial charge is 0.114 e. The highest BCUT2D eigenvalue weighted by Gasteiger charge is 2.32. The fraction of sp³-hybridized carbons (Fsp3) is 0.500. The normalized spacial score (nSPS) is 14.8. The molecule has 0 amide bonds. The Kier molecular flexibility index (Phi) is 10.7. The number of allylic oxidation sites excluding steroid dienone is 9. The predicted octanol–water partition coefficient (Wildman–Crippen LogP) is 7.00. The van der Waals surface area contributed by atoms with E-state index in [0.717, 1.165) is 5.76 Å². The second-order valence-corrected chi connectivity index (χ2v) is 7.32. The minimum atomic E-state index is -0.0406. The molecule has 0 unspecified atom stereocenters. The van der Waals surface area contributed by atoms with E-state index >= 15 is 0 Å². The molecular formula is C24H38O2. The van der Waals surface area contributed by atoms with Crippen LogP contribution in [0.5, 0.6) is 0 Å². The van der Waals surface area contributed by atoms with Gasteiger partial charge in [0, 0.05) is 5.41 Å². The summed E-state index contributed by atoms with van der Waals surface area (Å²) >= 11 is 0. The lowest BCUT2D eigenvalue weighted by Gasteiger charge is -2.37. The highest BCUT2D eigenvalue weighted by Crippen LogP contribution is 2.40. The molecule has 0 bridgehead atoms. The van der Waals surface area contributed by atoms with Crippen LogP contribution in [0, 0.1) is 17.3 Å². The average molecular weight is 359 g/mol. The first kappa shape index (κ1) is 24.0. The van der Waals surface area contributed by atoms with Crippen molar-refractivity contribution < 1.29 is 9.47 Å². The zero-order valence-corrected chi connectivity index (χ0v) is 18.2. The zero-order valence-electron chi connectivity index (χ0n) is 18.2. The lowest BCUT2D eigenvalue weighted by Crippen LogP contribution is -2.29. The van der Waals surface area contributed by atoms with E-state index < -0.39 is 0 Å². The van der Waals surface area contributed by atoms with Crippen molar-refractivity contribution in [2.24, 2.45) is 17.3 Å². The van der Waals surface area contributed by atoms with Gasteiger partial charge in [-0.25, -0.2) is 0 Å². The van der Waals surface area contributed by atoms with Gasteiger partial charge in [0.25, 0.3) is 0 Å². The Morgan fingerprint density at radius 2 is 1.46 bits per heavy atom. The third-order valence-electron chi connectivity index (χ3n) is 4.80. The molecule has 0 N–H and O–H groups in total. The number of hydrogen-bond acceptors (Lipinski definition) is 2. The first-order chi connectivity index (χ1) is 12.1. The number of methoxy groups -OCH3 is 2. The summed E-state index contributed by atoms with van der Waals surface area (Å²) < 4.78 is 10.5. The molecule has 0 rings (SSSR count). The van der Waals surface area contributed by atoms with Gasteiger partial charge in [-0.15, -0.1) is 0 Å². The van der Waals surface area contributed by atoms with Crippen LogP contribution in [0.15, 0.2) is 71.8 Å². The predicted molar refractivity (Wildman–Crippen MR) is 115 cm³/mol. The summed E-state index contributed by atoms with van der Waals surface area (Å²) in [6.45, 7) is 19.1. The van der Waals surface area contributed by atoms with Crippen molar-refractivity contribution in [2.75, 3.05) is 14.2 Å². The Morgan fingerprint density at radius 3 is 1.88 bits per heavy atom. The third-order valence-corrected chi connectivity index (χ3v) is 4.80. The van der Waals surface area contributed by atoms with Crippen molar-refractivity contribution in [2.45, 2.75) is 48.5 Å². The molecule has 0 spiro atoms. The molecule has 0 aromatic heterocycles. The molecule has 0 aromatic rings. The van der Waals surface area contributed by atoms with E-state index in [0.29, 0.717) is 17.6 Å². The molecule has 0 saturated carbocycles. The van der Waals surface area contributed by atoms with E-state index in [2.05, 4.69) is 78.5 Å². The molecule has 0 saturated heterocycles. The van der Waals surface area contributed by atoms with E-state index in [1.807, 2.05) is 19.1 Å². The SMILES string of the molecule is C=C(/C=C\C(C)=C\C(/C=C/C(C)=C\C(=C/C)OC)(C(C)C)C(C)C)OC. The van der Waals surface area contributed by atoms with Gasteiger partial charge in [-0.1, -0.05) is 64.2 Å². The van der Waals surface area contributed by atoms with Gasteiger partial charge >= 0.3 is 0 Å². The molecule has 0 radical (unpaired) electrons. The van der Waals surface area contributed by atoms with Crippen LogP contribution in [-0.2, 0) is 9.47 Å². The molecule has 0 aliphatic carbocycles. The molecule has 146 valence electrons. The first-order valence-electron chi connectivity index (χ1n) is 9.31. The van der Waals surface area contributed by atoms with Crippen molar-refractivity contribution in [3.8, 4) is 0 Å². The Morgan fingerprint density at radius 1 is 0.885 bits per heavy atom. The van der Waals surface area contributed by atoms with E-state index in [9.17, 15) is 0 Å². The van der Waals surface area contributed by atoms with Crippen LogP contribution in [0.25, 0.3) is 0 Å². The van der Waals surface area contributed by atoms with Crippen LogP contribution in [0.4, 0.5) is 0 Å². The van der Waals surface area contributed by atoms with Crippen LogP contribution < -0.4 is 0 Å². The molecule has 0 fully saturated rings. The fourth-order valence-electron chi connectivity index (χ4n) is 2.98. The highest BCUT2D eigenvalue weighted by molar-refractivity contribution is 5.32. The van der Waals surface area contributed by atoms with E-state index in [1.165, 1.54) is 11.1 Å². The van der Waals surface area contributed by atoms with E-state index in [1.54, 1.807) is 14.2 Å². The molecular weight excluding hydrogens is 320 g/mol. The van der Waals surface area contributed by atoms with Crippen molar-refractivity contribution in [3.63, 3.8) is 0 Å². The number of hydrogen-bond donors (Lipinski definition) is 0. The molecule has 0 aliphatic rings. The maximum Gasteiger partial charge on any atom is 0.114 e. The minimum Gasteiger partial charge on any atom is -0.497 e. The minimum absolute atomic E-state index is 0.0406. The summed E-state index contributed by atoms with van der Waals surface area (Å²) in [5.74, 6) is 2.46. The lowest BCUT2D eigenvalue weighted by molar-refractivity contribution is 0.247. The standard InChI is InChI=1S/C24H38O2/c1-11-23(26-10)16-20(6)14-15-24(18(2)3,19(4)5)17-21(7)12-13-22(8)25-9/h11-19H,8H2,1-7,9-10H3/b13-12-,15-14+,20-16-,21-17+,23-11+. The quantitative estimate of drug-likeness (QED) is 0.309. The Hall–Kier alpha value is -1.96. The Balaban J connectivity index is 5.90. The summed E-state index contributed by atoms with van der Waals surface area (Å²) in [4.78, 5) is 0.